The number of anilines is 1. The molecule has 0 spiro atoms. The number of sulfonamides is 1. The molecule has 3 heterocycles. The number of rotatable bonds is 6. The molecule has 1 aliphatic heterocycles. The van der Waals surface area contributed by atoms with Gasteiger partial charge in [-0.15, -0.1) is 0 Å². The minimum atomic E-state index is -3.48. The Kier molecular flexibility index (Phi) is 5.72. The summed E-state index contributed by atoms with van der Waals surface area (Å²) in [4.78, 5) is 23.9. The molecule has 0 unspecified atom stereocenters. The predicted octanol–water partition coefficient (Wildman–Crippen LogP) is 2.66. The van der Waals surface area contributed by atoms with E-state index in [0.717, 1.165) is 16.5 Å². The third-order valence-corrected chi connectivity index (χ3v) is 7.40. The van der Waals surface area contributed by atoms with Crippen LogP contribution in [-0.2, 0) is 21.4 Å². The molecule has 2 aromatic heterocycles. The third-order valence-electron chi connectivity index (χ3n) is 5.07. The summed E-state index contributed by atoms with van der Waals surface area (Å²) in [6.07, 6.45) is 5.64. The number of nitrogens with zero attached hydrogens (tertiary/aromatic N) is 4. The Labute approximate surface area is 179 Å². The SMILES string of the molecule is COc1cccc2sc(N(Cc3cccnc3)C(=O)[C@@H]3CCCN3S(C)(=O)=O)nc12. The van der Waals surface area contributed by atoms with Gasteiger partial charge in [-0.3, -0.25) is 14.7 Å². The number of fused-ring (bicyclic) bond motifs is 1. The molecule has 30 heavy (non-hydrogen) atoms. The first-order valence-electron chi connectivity index (χ1n) is 9.49. The van der Waals surface area contributed by atoms with E-state index in [9.17, 15) is 13.2 Å². The number of benzene rings is 1. The first-order valence-corrected chi connectivity index (χ1v) is 12.2. The van der Waals surface area contributed by atoms with E-state index in [1.165, 1.54) is 15.6 Å². The van der Waals surface area contributed by atoms with Crippen LogP contribution in [0, 0.1) is 0 Å². The van der Waals surface area contributed by atoms with Crippen molar-refractivity contribution < 1.29 is 17.9 Å². The molecule has 4 rings (SSSR count). The molecule has 1 atom stereocenters. The monoisotopic (exact) mass is 446 g/mol. The fourth-order valence-corrected chi connectivity index (χ4v) is 5.78. The summed E-state index contributed by atoms with van der Waals surface area (Å²) < 4.78 is 32.0. The van der Waals surface area contributed by atoms with E-state index in [2.05, 4.69) is 9.97 Å². The van der Waals surface area contributed by atoms with Crippen LogP contribution in [0.3, 0.4) is 0 Å². The molecule has 158 valence electrons. The molecule has 1 aliphatic rings. The summed E-state index contributed by atoms with van der Waals surface area (Å²) in [5.74, 6) is 0.349. The highest BCUT2D eigenvalue weighted by Gasteiger charge is 2.39. The van der Waals surface area contributed by atoms with Crippen molar-refractivity contribution in [2.24, 2.45) is 0 Å². The van der Waals surface area contributed by atoms with E-state index in [0.29, 0.717) is 35.8 Å². The first-order chi connectivity index (χ1) is 14.4. The van der Waals surface area contributed by atoms with Crippen molar-refractivity contribution in [2.45, 2.75) is 25.4 Å². The summed E-state index contributed by atoms with van der Waals surface area (Å²) in [6.45, 7) is 0.604. The van der Waals surface area contributed by atoms with E-state index in [1.54, 1.807) is 30.5 Å². The number of hydrogen-bond acceptors (Lipinski definition) is 7. The highest BCUT2D eigenvalue weighted by Crippen LogP contribution is 2.36. The minimum absolute atomic E-state index is 0.253. The Hall–Kier alpha value is -2.56. The van der Waals surface area contributed by atoms with E-state index >= 15 is 0 Å². The van der Waals surface area contributed by atoms with Gasteiger partial charge in [0.2, 0.25) is 15.9 Å². The zero-order valence-corrected chi connectivity index (χ0v) is 18.3. The zero-order valence-electron chi connectivity index (χ0n) is 16.7. The molecule has 0 N–H and O–H groups in total. The van der Waals surface area contributed by atoms with Crippen molar-refractivity contribution >= 4 is 42.6 Å². The summed E-state index contributed by atoms with van der Waals surface area (Å²) in [6, 6.07) is 8.57. The molecule has 3 aromatic rings. The second kappa shape index (κ2) is 8.29. The van der Waals surface area contributed by atoms with Gasteiger partial charge in [-0.25, -0.2) is 13.4 Å². The maximum Gasteiger partial charge on any atom is 0.247 e. The second-order valence-electron chi connectivity index (χ2n) is 7.12. The number of pyridine rings is 1. The van der Waals surface area contributed by atoms with Gasteiger partial charge >= 0.3 is 0 Å². The Balaban J connectivity index is 1.76. The number of amides is 1. The lowest BCUT2D eigenvalue weighted by atomic mass is 10.2. The van der Waals surface area contributed by atoms with Gasteiger partial charge in [0.25, 0.3) is 0 Å². The normalized spacial score (nSPS) is 17.3. The number of aromatic nitrogens is 2. The standard InChI is InChI=1S/C20H22N4O4S2/c1-28-16-8-3-9-17-18(16)22-20(29-17)23(13-14-6-4-10-21-12-14)19(25)15-7-5-11-24(15)30(2,26)27/h3-4,6,8-10,12,15H,5,7,11,13H2,1-2H3/t15-/m0/s1. The van der Waals surface area contributed by atoms with Crippen LogP contribution in [0.15, 0.2) is 42.7 Å². The molecule has 1 amide bonds. The molecule has 10 heteroatoms. The van der Waals surface area contributed by atoms with Crippen LogP contribution in [0.1, 0.15) is 18.4 Å². The Morgan fingerprint density at radius 2 is 2.17 bits per heavy atom. The molecule has 8 nitrogen and oxygen atoms in total. The summed E-state index contributed by atoms with van der Waals surface area (Å²) >= 11 is 1.38. The van der Waals surface area contributed by atoms with E-state index in [-0.39, 0.29) is 12.5 Å². The number of carbonyl (C=O) groups is 1. The first kappa shape index (κ1) is 20.7. The van der Waals surface area contributed by atoms with Gasteiger partial charge in [-0.2, -0.15) is 4.31 Å². The van der Waals surface area contributed by atoms with Crippen molar-refractivity contribution in [3.63, 3.8) is 0 Å². The van der Waals surface area contributed by atoms with Gasteiger partial charge in [-0.05, 0) is 36.6 Å². The van der Waals surface area contributed by atoms with Crippen LogP contribution >= 0.6 is 11.3 Å². The van der Waals surface area contributed by atoms with Crippen molar-refractivity contribution in [1.82, 2.24) is 14.3 Å². The summed E-state index contributed by atoms with van der Waals surface area (Å²) in [5.41, 5.74) is 1.51. The smallest absolute Gasteiger partial charge is 0.247 e. The zero-order chi connectivity index (χ0) is 21.3. The maximum atomic E-state index is 13.6. The van der Waals surface area contributed by atoms with Crippen LogP contribution < -0.4 is 9.64 Å². The van der Waals surface area contributed by atoms with E-state index in [4.69, 9.17) is 4.74 Å². The lowest BCUT2D eigenvalue weighted by molar-refractivity contribution is -0.121. The molecular weight excluding hydrogens is 424 g/mol. The lowest BCUT2D eigenvalue weighted by Gasteiger charge is -2.27. The fourth-order valence-electron chi connectivity index (χ4n) is 3.67. The number of carbonyl (C=O) groups excluding carboxylic acids is 1. The largest absolute Gasteiger partial charge is 0.494 e. The minimum Gasteiger partial charge on any atom is -0.494 e. The number of hydrogen-bond donors (Lipinski definition) is 0. The van der Waals surface area contributed by atoms with Crippen molar-refractivity contribution in [3.05, 3.63) is 48.3 Å². The van der Waals surface area contributed by atoms with Crippen molar-refractivity contribution in [1.29, 1.82) is 0 Å². The topological polar surface area (TPSA) is 92.7 Å². The van der Waals surface area contributed by atoms with Crippen LogP contribution in [0.2, 0.25) is 0 Å². The Bertz CT molecular complexity index is 1160. The van der Waals surface area contributed by atoms with Crippen molar-refractivity contribution in [3.8, 4) is 5.75 Å². The molecule has 0 aliphatic carbocycles. The molecular formula is C20H22N4O4S2. The maximum absolute atomic E-state index is 13.6. The lowest BCUT2D eigenvalue weighted by Crippen LogP contribution is -2.47. The van der Waals surface area contributed by atoms with Gasteiger partial charge < -0.3 is 4.74 Å². The van der Waals surface area contributed by atoms with Gasteiger partial charge in [0.1, 0.15) is 17.3 Å². The second-order valence-corrected chi connectivity index (χ2v) is 10.1. The predicted molar refractivity (Wildman–Crippen MR) is 116 cm³/mol. The molecule has 1 aromatic carbocycles. The van der Waals surface area contributed by atoms with Crippen LogP contribution in [0.5, 0.6) is 5.75 Å². The Morgan fingerprint density at radius 3 is 2.87 bits per heavy atom. The number of methoxy groups -OCH3 is 1. The Morgan fingerprint density at radius 1 is 1.33 bits per heavy atom. The molecule has 0 saturated carbocycles. The quantitative estimate of drug-likeness (QED) is 0.578. The van der Waals surface area contributed by atoms with Crippen LogP contribution in [0.4, 0.5) is 5.13 Å². The van der Waals surface area contributed by atoms with Gasteiger partial charge in [0, 0.05) is 18.9 Å². The number of para-hydroxylation sites is 1. The van der Waals surface area contributed by atoms with Crippen LogP contribution in [0.25, 0.3) is 10.2 Å². The van der Waals surface area contributed by atoms with Gasteiger partial charge in [-0.1, -0.05) is 23.5 Å². The average Bonchev–Trinajstić information content (AvgIpc) is 3.39. The molecule has 1 fully saturated rings. The van der Waals surface area contributed by atoms with Crippen LogP contribution in [-0.4, -0.2) is 54.6 Å². The average molecular weight is 447 g/mol. The molecule has 0 bridgehead atoms. The molecule has 0 radical (unpaired) electrons. The highest BCUT2D eigenvalue weighted by atomic mass is 32.2. The highest BCUT2D eigenvalue weighted by molar-refractivity contribution is 7.88. The third kappa shape index (κ3) is 4.03. The van der Waals surface area contributed by atoms with E-state index in [1.807, 2.05) is 24.3 Å². The van der Waals surface area contributed by atoms with Gasteiger partial charge in [0.15, 0.2) is 5.13 Å². The van der Waals surface area contributed by atoms with Crippen molar-refractivity contribution in [2.75, 3.05) is 24.8 Å². The number of thiazole rings is 1. The fraction of sp³-hybridized carbons (Fsp3) is 0.350. The molecule has 1 saturated heterocycles. The van der Waals surface area contributed by atoms with Gasteiger partial charge in [0.05, 0.1) is 24.6 Å². The summed E-state index contributed by atoms with van der Waals surface area (Å²) in [5, 5.41) is 0.503. The van der Waals surface area contributed by atoms with E-state index < -0.39 is 16.1 Å². The summed E-state index contributed by atoms with van der Waals surface area (Å²) in [7, 11) is -1.91. The number of ether oxygens (including phenoxy) is 1.